The summed E-state index contributed by atoms with van der Waals surface area (Å²) in [5.74, 6) is -0.0407. The number of ether oxygens (including phenoxy) is 1. The van der Waals surface area contributed by atoms with Gasteiger partial charge < -0.3 is 10.1 Å². The van der Waals surface area contributed by atoms with Crippen molar-refractivity contribution < 1.29 is 14.3 Å². The van der Waals surface area contributed by atoms with Crippen LogP contribution in [0.5, 0.6) is 5.75 Å². The first-order valence-electron chi connectivity index (χ1n) is 22.3. The number of carbonyl (C=O) groups excluding carboxylic acids is 2. The average Bonchev–Trinajstić information content (AvgIpc) is 3.57. The molecule has 1 atom stereocenters. The van der Waals surface area contributed by atoms with E-state index in [1.165, 1.54) is 107 Å². The number of amidine groups is 1. The van der Waals surface area contributed by atoms with E-state index >= 15 is 0 Å². The van der Waals surface area contributed by atoms with Crippen LogP contribution in [-0.2, 0) is 4.79 Å². The standard InChI is InChI=1S/C50H56Cl4N6O3/c1-2-3-4-5-6-7-8-9-10-11-12-13-14-15-16-19-31-63-39-28-25-36(26-29-39)49(61)55-38-27-30-41(52)45(34-38)56-48-46(58-57-44-24-20-22-35-21-17-18-23-40(35)44)50(62)60(59-48)47-42(53)32-37(51)33-43(47)54/h17-18,20-30,32-34,46H,2-16,19,31H2,1H3,(H,55,61)(H,56,59)/t46-/m0/s1. The van der Waals surface area contributed by atoms with Gasteiger partial charge in [0, 0.05) is 21.7 Å². The van der Waals surface area contributed by atoms with Crippen LogP contribution < -0.4 is 20.5 Å². The third-order valence-electron chi connectivity index (χ3n) is 11.0. The van der Waals surface area contributed by atoms with E-state index in [0.717, 1.165) is 29.4 Å². The molecule has 332 valence electrons. The first-order chi connectivity index (χ1) is 30.7. The number of aliphatic imine (C=N–C) groups is 1. The largest absolute Gasteiger partial charge is 0.494 e. The molecule has 9 nitrogen and oxygen atoms in total. The summed E-state index contributed by atoms with van der Waals surface area (Å²) in [4.78, 5) is 32.1. The molecular weight excluding hydrogens is 874 g/mol. The summed E-state index contributed by atoms with van der Waals surface area (Å²) in [6, 6.07) is 27.1. The van der Waals surface area contributed by atoms with E-state index in [0.29, 0.717) is 28.6 Å². The van der Waals surface area contributed by atoms with Crippen LogP contribution in [0, 0.1) is 0 Å². The number of hydrogen-bond acceptors (Lipinski definition) is 6. The maximum Gasteiger partial charge on any atom is 0.280 e. The van der Waals surface area contributed by atoms with E-state index in [-0.39, 0.29) is 38.2 Å². The molecule has 0 saturated carbocycles. The maximum atomic E-state index is 14.0. The van der Waals surface area contributed by atoms with Crippen molar-refractivity contribution >= 4 is 97.6 Å². The molecule has 0 bridgehead atoms. The summed E-state index contributed by atoms with van der Waals surface area (Å²) in [5.41, 5.74) is 4.90. The molecule has 1 aliphatic heterocycles. The van der Waals surface area contributed by atoms with Gasteiger partial charge in [-0.25, -0.2) is 10.0 Å². The number of nitrogens with one attached hydrogen (secondary N) is 2. The minimum atomic E-state index is -1.23. The first kappa shape index (κ1) is 47.8. The maximum absolute atomic E-state index is 14.0. The van der Waals surface area contributed by atoms with Gasteiger partial charge in [-0.3, -0.25) is 15.0 Å². The summed E-state index contributed by atoms with van der Waals surface area (Å²) in [6.45, 7) is 2.92. The molecule has 0 aliphatic carbocycles. The van der Waals surface area contributed by atoms with Crippen molar-refractivity contribution in [3.05, 3.63) is 123 Å². The second kappa shape index (κ2) is 25.0. The lowest BCUT2D eigenvalue weighted by atomic mass is 10.0. The summed E-state index contributed by atoms with van der Waals surface area (Å²) in [5, 5.41) is 15.7. The van der Waals surface area contributed by atoms with Gasteiger partial charge in [0.25, 0.3) is 11.8 Å². The Labute approximate surface area is 391 Å². The predicted molar refractivity (Wildman–Crippen MR) is 262 cm³/mol. The second-order valence-electron chi connectivity index (χ2n) is 15.9. The summed E-state index contributed by atoms with van der Waals surface area (Å²) >= 11 is 25.9. The molecule has 0 aromatic heterocycles. The Morgan fingerprint density at radius 2 is 1.29 bits per heavy atom. The van der Waals surface area contributed by atoms with Crippen molar-refractivity contribution in [1.29, 1.82) is 0 Å². The van der Waals surface area contributed by atoms with Crippen molar-refractivity contribution in [2.24, 2.45) is 15.2 Å². The van der Waals surface area contributed by atoms with E-state index in [1.807, 2.05) is 42.5 Å². The van der Waals surface area contributed by atoms with Crippen molar-refractivity contribution in [2.75, 3.05) is 16.9 Å². The van der Waals surface area contributed by atoms with E-state index < -0.39 is 11.9 Å². The number of rotatable bonds is 24. The van der Waals surface area contributed by atoms with Gasteiger partial charge >= 0.3 is 0 Å². The first-order valence-corrected chi connectivity index (χ1v) is 23.8. The molecule has 6 rings (SSSR count). The molecule has 1 heterocycles. The van der Waals surface area contributed by atoms with Crippen molar-refractivity contribution in [3.63, 3.8) is 0 Å². The molecule has 1 fully saturated rings. The molecule has 1 saturated heterocycles. The molecule has 2 amide bonds. The highest BCUT2D eigenvalue weighted by molar-refractivity contribution is 6.43. The molecule has 5 aromatic rings. The van der Waals surface area contributed by atoms with E-state index in [9.17, 15) is 9.59 Å². The zero-order valence-corrected chi connectivity index (χ0v) is 38.9. The lowest BCUT2D eigenvalue weighted by molar-refractivity contribution is -0.117. The number of unbranched alkanes of at least 4 members (excludes halogenated alkanes) is 15. The number of halogens is 4. The van der Waals surface area contributed by atoms with Crippen LogP contribution in [0.2, 0.25) is 20.1 Å². The minimum Gasteiger partial charge on any atom is -0.494 e. The van der Waals surface area contributed by atoms with Crippen LogP contribution >= 0.6 is 46.4 Å². The fraction of sp³-hybridized carbons (Fsp3) is 0.380. The van der Waals surface area contributed by atoms with Gasteiger partial charge in [-0.05, 0) is 72.5 Å². The fourth-order valence-electron chi connectivity index (χ4n) is 7.54. The second-order valence-corrected chi connectivity index (χ2v) is 17.6. The normalized spacial score (nSPS) is 14.6. The highest BCUT2D eigenvalue weighted by atomic mass is 35.5. The van der Waals surface area contributed by atoms with Crippen LogP contribution in [0.4, 0.5) is 22.7 Å². The van der Waals surface area contributed by atoms with Crippen LogP contribution in [0.25, 0.3) is 10.8 Å². The van der Waals surface area contributed by atoms with E-state index in [2.05, 4.69) is 27.9 Å². The zero-order valence-electron chi connectivity index (χ0n) is 35.9. The van der Waals surface area contributed by atoms with Crippen molar-refractivity contribution in [1.82, 2.24) is 5.43 Å². The number of fused-ring (bicyclic) bond motifs is 1. The summed E-state index contributed by atoms with van der Waals surface area (Å²) in [6.07, 6.45) is 21.2. The Morgan fingerprint density at radius 1 is 0.683 bits per heavy atom. The molecule has 1 aliphatic rings. The molecule has 0 radical (unpaired) electrons. The van der Waals surface area contributed by atoms with Gasteiger partial charge in [0.2, 0.25) is 6.04 Å². The van der Waals surface area contributed by atoms with Gasteiger partial charge in [0.15, 0.2) is 5.84 Å². The molecule has 2 N–H and O–H groups in total. The van der Waals surface area contributed by atoms with E-state index in [4.69, 9.17) is 56.1 Å². The quantitative estimate of drug-likeness (QED) is 0.0475. The van der Waals surface area contributed by atoms with Gasteiger partial charge in [-0.1, -0.05) is 186 Å². The van der Waals surface area contributed by atoms with Gasteiger partial charge in [-0.2, -0.15) is 10.2 Å². The third kappa shape index (κ3) is 14.2. The zero-order chi connectivity index (χ0) is 44.4. The van der Waals surface area contributed by atoms with Crippen molar-refractivity contribution in [3.8, 4) is 5.75 Å². The smallest absolute Gasteiger partial charge is 0.280 e. The molecule has 0 spiro atoms. The highest BCUT2D eigenvalue weighted by Crippen LogP contribution is 2.39. The number of anilines is 2. The Bertz CT molecular complexity index is 2330. The Hall–Kier alpha value is -4.67. The number of benzene rings is 5. The number of hydrazine groups is 1. The summed E-state index contributed by atoms with van der Waals surface area (Å²) in [7, 11) is 0. The average molecular weight is 931 g/mol. The lowest BCUT2D eigenvalue weighted by Crippen LogP contribution is -2.36. The number of nitrogens with zero attached hydrogens (tertiary/aromatic N) is 4. The van der Waals surface area contributed by atoms with Crippen LogP contribution in [-0.4, -0.2) is 30.3 Å². The van der Waals surface area contributed by atoms with Crippen LogP contribution in [0.15, 0.2) is 112 Å². The third-order valence-corrected chi connectivity index (χ3v) is 12.1. The number of amides is 2. The lowest BCUT2D eigenvalue weighted by Gasteiger charge is -2.19. The summed E-state index contributed by atoms with van der Waals surface area (Å²) < 4.78 is 5.97. The molecule has 63 heavy (non-hydrogen) atoms. The molecule has 5 aromatic carbocycles. The van der Waals surface area contributed by atoms with Gasteiger partial charge in [0.1, 0.15) is 11.4 Å². The highest BCUT2D eigenvalue weighted by Gasteiger charge is 2.41. The van der Waals surface area contributed by atoms with E-state index in [1.54, 1.807) is 42.5 Å². The van der Waals surface area contributed by atoms with Crippen molar-refractivity contribution in [2.45, 2.75) is 116 Å². The molecular formula is C50H56Cl4N6O3. The number of carbonyl (C=O) groups is 2. The van der Waals surface area contributed by atoms with Crippen LogP contribution in [0.1, 0.15) is 120 Å². The molecule has 0 unspecified atom stereocenters. The Morgan fingerprint density at radius 3 is 1.94 bits per heavy atom. The Kier molecular flexibility index (Phi) is 19.0. The minimum absolute atomic E-state index is 0.103. The topological polar surface area (TPSA) is 108 Å². The molecule has 13 heteroatoms. The number of hydrogen-bond donors (Lipinski definition) is 2. The number of azo groups is 1. The Balaban J connectivity index is 1.01. The predicted octanol–water partition coefficient (Wildman–Crippen LogP) is 16.1. The van der Waals surface area contributed by atoms with Gasteiger partial charge in [-0.15, -0.1) is 0 Å². The van der Waals surface area contributed by atoms with Crippen LogP contribution in [0.3, 0.4) is 0 Å². The SMILES string of the molecule is CCCCCCCCCCCCCCCCCCOc1ccc(C(=O)Nc2ccc(Cl)c(N=C3NN(c4c(Cl)cc(Cl)cc4Cl)C(=O)[C@H]3N=Nc3cccc4ccccc34)c2)cc1. The fourth-order valence-corrected chi connectivity index (χ4v) is 8.69. The van der Waals surface area contributed by atoms with Gasteiger partial charge in [0.05, 0.1) is 33.0 Å². The monoisotopic (exact) mass is 928 g/mol.